The van der Waals surface area contributed by atoms with Crippen molar-refractivity contribution in [1.29, 1.82) is 0 Å². The van der Waals surface area contributed by atoms with Gasteiger partial charge >= 0.3 is 46.6 Å². The summed E-state index contributed by atoms with van der Waals surface area (Å²) in [7, 11) is 9.75. The first kappa shape index (κ1) is 27.9. The summed E-state index contributed by atoms with van der Waals surface area (Å²) in [6, 6.07) is 12.7. The molecule has 0 aliphatic rings. The van der Waals surface area contributed by atoms with Crippen molar-refractivity contribution in [3.05, 3.63) is 69.4 Å². The van der Waals surface area contributed by atoms with Crippen molar-refractivity contribution in [2.75, 3.05) is 11.5 Å². The Morgan fingerprint density at radius 3 is 1.43 bits per heavy atom. The summed E-state index contributed by atoms with van der Waals surface area (Å²) < 4.78 is 9.98. The summed E-state index contributed by atoms with van der Waals surface area (Å²) in [5, 5.41) is 22.9. The maximum absolute atomic E-state index is 11.4. The SMILES string of the molecule is CC([O-])=Nc1cc2cc(N)ccc2oc1=O.CC([O-])=Nc1cc2cc(N)ccc2oc1=O.[Cl][Pt+2][Cl]. The van der Waals surface area contributed by atoms with E-state index in [4.69, 9.17) is 39.1 Å². The van der Waals surface area contributed by atoms with Crippen molar-refractivity contribution in [3.8, 4) is 0 Å². The van der Waals surface area contributed by atoms with Gasteiger partial charge in [-0.1, -0.05) is 0 Å². The van der Waals surface area contributed by atoms with Gasteiger partial charge in [-0.25, -0.2) is 9.59 Å². The molecule has 0 saturated carbocycles. The second-order valence-electron chi connectivity index (χ2n) is 6.74. The Labute approximate surface area is 214 Å². The van der Waals surface area contributed by atoms with E-state index in [0.29, 0.717) is 33.3 Å². The number of halogens is 2. The topological polar surface area (TPSA) is 183 Å². The van der Waals surface area contributed by atoms with Crippen LogP contribution in [0.3, 0.4) is 0 Å². The van der Waals surface area contributed by atoms with Crippen molar-refractivity contribution in [2.45, 2.75) is 13.8 Å². The van der Waals surface area contributed by atoms with Crippen LogP contribution in [0.15, 0.2) is 76.9 Å². The fourth-order valence-corrected chi connectivity index (χ4v) is 2.76. The van der Waals surface area contributed by atoms with Crippen LogP contribution in [0.4, 0.5) is 22.7 Å². The molecule has 0 amide bonds. The van der Waals surface area contributed by atoms with E-state index in [-0.39, 0.29) is 11.4 Å². The number of nitrogens with zero attached hydrogens (tertiary/aromatic N) is 2. The number of rotatable bonds is 2. The molecule has 0 spiro atoms. The molecule has 35 heavy (non-hydrogen) atoms. The number of anilines is 2. The zero-order valence-electron chi connectivity index (χ0n) is 18.2. The molecule has 0 atom stereocenters. The van der Waals surface area contributed by atoms with E-state index in [1.165, 1.54) is 26.0 Å². The Hall–Kier alpha value is -3.33. The van der Waals surface area contributed by atoms with E-state index in [0.717, 1.165) is 0 Å². The van der Waals surface area contributed by atoms with Crippen molar-refractivity contribution >= 4 is 75.3 Å². The molecule has 2 heterocycles. The predicted octanol–water partition coefficient (Wildman–Crippen LogP) is 2.95. The van der Waals surface area contributed by atoms with Gasteiger partial charge in [0.1, 0.15) is 22.5 Å². The minimum absolute atomic E-state index is 0.00870. The van der Waals surface area contributed by atoms with Crippen molar-refractivity contribution in [2.24, 2.45) is 9.98 Å². The van der Waals surface area contributed by atoms with Gasteiger partial charge in [0.15, 0.2) is 0 Å². The molecule has 0 bridgehead atoms. The van der Waals surface area contributed by atoms with Crippen LogP contribution >= 0.6 is 18.8 Å². The Morgan fingerprint density at radius 2 is 1.11 bits per heavy atom. The van der Waals surface area contributed by atoms with Crippen LogP contribution in [0, 0.1) is 0 Å². The van der Waals surface area contributed by atoms with E-state index >= 15 is 0 Å². The van der Waals surface area contributed by atoms with Crippen LogP contribution in [0.2, 0.25) is 0 Å². The van der Waals surface area contributed by atoms with Gasteiger partial charge in [-0.15, -0.1) is 0 Å². The fraction of sp³-hybridized carbons (Fsp3) is 0.0909. The first-order valence-electron chi connectivity index (χ1n) is 9.47. The number of nitrogen functional groups attached to an aromatic ring is 2. The number of nitrogens with two attached hydrogens (primary N) is 2. The standard InChI is InChI=1S/2C11H10N2O3.2ClH.Pt/c2*1-6(14)13-9-5-7-4-8(12)2-3-10(7)16-11(9)15;;;/h2*2-5H,12H2,1H3,(H,13,14);2*1H;/q;;;;+4/p-4. The Morgan fingerprint density at radius 1 is 0.771 bits per heavy atom. The van der Waals surface area contributed by atoms with Gasteiger partial charge in [-0.2, -0.15) is 0 Å². The number of benzene rings is 2. The molecular weight excluding hydrogens is 682 g/mol. The van der Waals surface area contributed by atoms with Crippen molar-refractivity contribution in [3.63, 3.8) is 0 Å². The van der Waals surface area contributed by atoms with Gasteiger partial charge in [0.25, 0.3) is 0 Å². The summed E-state index contributed by atoms with van der Waals surface area (Å²) in [5.41, 5.74) is 11.8. The van der Waals surface area contributed by atoms with Crippen LogP contribution in [-0.4, -0.2) is 11.8 Å². The second-order valence-corrected chi connectivity index (χ2v) is 10.0. The van der Waals surface area contributed by atoms with Crippen LogP contribution in [-0.2, 0) is 16.5 Å². The van der Waals surface area contributed by atoms with E-state index in [2.05, 4.69) is 9.98 Å². The van der Waals surface area contributed by atoms with Gasteiger partial charge < -0.3 is 30.5 Å². The number of hydrogen-bond acceptors (Lipinski definition) is 10. The third-order valence-electron chi connectivity index (χ3n) is 4.03. The molecule has 2 aromatic carbocycles. The Kier molecular flexibility index (Phi) is 10.3. The van der Waals surface area contributed by atoms with E-state index in [1.807, 2.05) is 0 Å². The average molecular weight is 700 g/mol. The molecule has 0 unspecified atom stereocenters. The summed E-state index contributed by atoms with van der Waals surface area (Å²) in [6.45, 7) is 2.53. The van der Waals surface area contributed by atoms with Crippen LogP contribution < -0.4 is 32.9 Å². The van der Waals surface area contributed by atoms with E-state index in [9.17, 15) is 19.8 Å². The first-order valence-corrected chi connectivity index (χ1v) is 15.1. The molecule has 0 fully saturated rings. The van der Waals surface area contributed by atoms with Crippen LogP contribution in [0.1, 0.15) is 13.8 Å². The van der Waals surface area contributed by atoms with Crippen LogP contribution in [0.5, 0.6) is 0 Å². The summed E-state index contributed by atoms with van der Waals surface area (Å²) in [4.78, 5) is 29.9. The predicted molar refractivity (Wildman–Crippen MR) is 131 cm³/mol. The first-order chi connectivity index (χ1) is 16.5. The van der Waals surface area contributed by atoms with E-state index in [1.54, 1.807) is 36.4 Å². The quantitative estimate of drug-likeness (QED) is 0.139. The van der Waals surface area contributed by atoms with Gasteiger partial charge in [0, 0.05) is 22.1 Å². The molecule has 4 N–H and O–H groups in total. The maximum atomic E-state index is 11.4. The van der Waals surface area contributed by atoms with Crippen molar-refractivity contribution in [1.82, 2.24) is 0 Å². The average Bonchev–Trinajstić information content (AvgIpc) is 2.76. The molecule has 0 aliphatic heterocycles. The summed E-state index contributed by atoms with van der Waals surface area (Å²) in [5.74, 6) is -0.897. The molecule has 186 valence electrons. The Balaban J connectivity index is 0.000000222. The number of hydrogen-bond donors (Lipinski definition) is 2. The van der Waals surface area contributed by atoms with Gasteiger partial charge in [0.05, 0.1) is 0 Å². The number of aliphatic imine (C=N–C) groups is 2. The molecule has 2 aromatic heterocycles. The molecule has 4 aromatic rings. The molecule has 4 rings (SSSR count). The third-order valence-corrected chi connectivity index (χ3v) is 4.03. The van der Waals surface area contributed by atoms with Gasteiger partial charge in [-0.3, -0.25) is 9.98 Å². The molecule has 0 aliphatic carbocycles. The fourth-order valence-electron chi connectivity index (χ4n) is 2.76. The molecular formula is C22H18Cl2N4O6Pt. The summed E-state index contributed by atoms with van der Waals surface area (Å²) >= 11 is -0.472. The third kappa shape index (κ3) is 8.43. The zero-order valence-corrected chi connectivity index (χ0v) is 22.0. The summed E-state index contributed by atoms with van der Waals surface area (Å²) in [6.07, 6.45) is 0. The molecule has 0 saturated heterocycles. The molecule has 0 radical (unpaired) electrons. The van der Waals surface area contributed by atoms with Crippen LogP contribution in [0.25, 0.3) is 21.9 Å². The van der Waals surface area contributed by atoms with Crippen molar-refractivity contribution < 1.29 is 35.5 Å². The van der Waals surface area contributed by atoms with Gasteiger partial charge in [-0.05, 0) is 74.2 Å². The van der Waals surface area contributed by atoms with Gasteiger partial charge in [0.2, 0.25) is 0 Å². The molecule has 10 nitrogen and oxygen atoms in total. The molecule has 13 heteroatoms. The second kappa shape index (κ2) is 12.9. The number of fused-ring (bicyclic) bond motifs is 2. The zero-order chi connectivity index (χ0) is 26.1. The monoisotopic (exact) mass is 699 g/mol. The van der Waals surface area contributed by atoms with E-state index < -0.39 is 39.5 Å². The normalized spacial score (nSPS) is 11.5. The Bertz CT molecular complexity index is 1400. The minimum atomic E-state index is -0.632.